The summed E-state index contributed by atoms with van der Waals surface area (Å²) in [6.07, 6.45) is 1.71. The van der Waals surface area contributed by atoms with E-state index in [0.29, 0.717) is 5.75 Å². The van der Waals surface area contributed by atoms with E-state index in [4.69, 9.17) is 0 Å². The highest BCUT2D eigenvalue weighted by molar-refractivity contribution is 7.99. The van der Waals surface area contributed by atoms with E-state index in [1.807, 2.05) is 19.1 Å². The van der Waals surface area contributed by atoms with Crippen LogP contribution in [0.25, 0.3) is 0 Å². The largest absolute Gasteiger partial charge is 0.468 e. The molecule has 0 spiro atoms. The van der Waals surface area contributed by atoms with Gasteiger partial charge in [-0.25, -0.2) is 4.98 Å². The lowest BCUT2D eigenvalue weighted by Gasteiger charge is -2.01. The third kappa shape index (κ3) is 3.06. The van der Waals surface area contributed by atoms with E-state index in [1.54, 1.807) is 6.20 Å². The minimum atomic E-state index is -0.227. The van der Waals surface area contributed by atoms with Crippen LogP contribution in [-0.2, 0) is 9.53 Å². The van der Waals surface area contributed by atoms with E-state index in [0.717, 1.165) is 10.6 Å². The number of nitrogens with zero attached hydrogens (tertiary/aromatic N) is 1. The second-order valence-electron chi connectivity index (χ2n) is 2.49. The lowest BCUT2D eigenvalue weighted by molar-refractivity contribution is -0.137. The summed E-state index contributed by atoms with van der Waals surface area (Å²) >= 11 is 1.39. The fraction of sp³-hybridized carbons (Fsp3) is 0.333. The molecule has 70 valence electrons. The summed E-state index contributed by atoms with van der Waals surface area (Å²) in [4.78, 5) is 15.0. The van der Waals surface area contributed by atoms with Crippen LogP contribution in [0.2, 0.25) is 0 Å². The van der Waals surface area contributed by atoms with Gasteiger partial charge in [-0.15, -0.1) is 0 Å². The number of carbonyl (C=O) groups excluding carboxylic acids is 1. The smallest absolute Gasteiger partial charge is 0.316 e. The first-order valence-corrected chi connectivity index (χ1v) is 4.84. The number of hydrogen-bond acceptors (Lipinski definition) is 4. The molecule has 3 nitrogen and oxygen atoms in total. The molecule has 0 saturated heterocycles. The van der Waals surface area contributed by atoms with Gasteiger partial charge in [0.25, 0.3) is 0 Å². The van der Waals surface area contributed by atoms with Gasteiger partial charge in [-0.3, -0.25) is 4.79 Å². The third-order valence-electron chi connectivity index (χ3n) is 1.52. The van der Waals surface area contributed by atoms with E-state index in [9.17, 15) is 4.79 Å². The predicted molar refractivity (Wildman–Crippen MR) is 51.7 cm³/mol. The highest BCUT2D eigenvalue weighted by Gasteiger charge is 2.04. The Kier molecular flexibility index (Phi) is 3.76. The third-order valence-corrected chi connectivity index (χ3v) is 2.60. The fourth-order valence-electron chi connectivity index (χ4n) is 0.809. The van der Waals surface area contributed by atoms with Crippen LogP contribution in [0.1, 0.15) is 5.56 Å². The molecule has 1 aromatic heterocycles. The molecule has 0 amide bonds. The maximum absolute atomic E-state index is 10.8. The minimum absolute atomic E-state index is 0.227. The summed E-state index contributed by atoms with van der Waals surface area (Å²) in [5.41, 5.74) is 1.08. The average molecular weight is 197 g/mol. The van der Waals surface area contributed by atoms with Crippen molar-refractivity contribution < 1.29 is 9.53 Å². The molecular weight excluding hydrogens is 186 g/mol. The van der Waals surface area contributed by atoms with E-state index < -0.39 is 0 Å². The Labute approximate surface area is 81.5 Å². The summed E-state index contributed by atoms with van der Waals surface area (Å²) in [5, 5.41) is 0.882. The molecule has 0 unspecified atom stereocenters. The van der Waals surface area contributed by atoms with E-state index in [-0.39, 0.29) is 5.97 Å². The molecular formula is C9H11NO2S. The van der Waals surface area contributed by atoms with Gasteiger partial charge in [0.2, 0.25) is 0 Å². The van der Waals surface area contributed by atoms with Gasteiger partial charge in [0.05, 0.1) is 17.9 Å². The summed E-state index contributed by atoms with van der Waals surface area (Å²) in [7, 11) is 1.38. The Balaban J connectivity index is 2.54. The van der Waals surface area contributed by atoms with Crippen molar-refractivity contribution in [2.75, 3.05) is 12.9 Å². The van der Waals surface area contributed by atoms with Gasteiger partial charge in [0.15, 0.2) is 0 Å². The van der Waals surface area contributed by atoms with Crippen molar-refractivity contribution in [3.05, 3.63) is 23.9 Å². The van der Waals surface area contributed by atoms with Crippen LogP contribution >= 0.6 is 11.8 Å². The molecule has 13 heavy (non-hydrogen) atoms. The summed E-state index contributed by atoms with van der Waals surface area (Å²) < 4.78 is 4.52. The number of rotatable bonds is 3. The highest BCUT2D eigenvalue weighted by Crippen LogP contribution is 2.18. The molecule has 0 N–H and O–H groups in total. The number of hydrogen-bond donors (Lipinski definition) is 0. The zero-order valence-corrected chi connectivity index (χ0v) is 8.43. The zero-order valence-electron chi connectivity index (χ0n) is 7.61. The van der Waals surface area contributed by atoms with E-state index >= 15 is 0 Å². The van der Waals surface area contributed by atoms with Crippen LogP contribution in [0.5, 0.6) is 0 Å². The maximum atomic E-state index is 10.8. The van der Waals surface area contributed by atoms with E-state index in [1.165, 1.54) is 18.9 Å². The fourth-order valence-corrected chi connectivity index (χ4v) is 1.61. The first kappa shape index (κ1) is 10.1. The number of methoxy groups -OCH3 is 1. The number of pyridine rings is 1. The summed E-state index contributed by atoms with van der Waals surface area (Å²) in [6, 6.07) is 3.84. The van der Waals surface area contributed by atoms with Crippen molar-refractivity contribution in [3.63, 3.8) is 0 Å². The van der Waals surface area contributed by atoms with Crippen molar-refractivity contribution in [2.45, 2.75) is 11.9 Å². The molecule has 0 aliphatic carbocycles. The second-order valence-corrected chi connectivity index (χ2v) is 3.45. The molecule has 0 saturated carbocycles. The van der Waals surface area contributed by atoms with Crippen molar-refractivity contribution in [1.82, 2.24) is 4.98 Å². The van der Waals surface area contributed by atoms with Crippen molar-refractivity contribution >= 4 is 17.7 Å². The minimum Gasteiger partial charge on any atom is -0.468 e. The highest BCUT2D eigenvalue weighted by atomic mass is 32.2. The van der Waals surface area contributed by atoms with Crippen LogP contribution in [-0.4, -0.2) is 23.8 Å². The number of thioether (sulfide) groups is 1. The van der Waals surface area contributed by atoms with Gasteiger partial charge in [0, 0.05) is 6.20 Å². The Morgan fingerprint density at radius 1 is 1.69 bits per heavy atom. The molecule has 0 aliphatic rings. The summed E-state index contributed by atoms with van der Waals surface area (Å²) in [6.45, 7) is 1.96. The molecule has 0 radical (unpaired) electrons. The van der Waals surface area contributed by atoms with Crippen molar-refractivity contribution in [1.29, 1.82) is 0 Å². The quantitative estimate of drug-likeness (QED) is 0.545. The van der Waals surface area contributed by atoms with Crippen LogP contribution in [0.15, 0.2) is 23.4 Å². The zero-order chi connectivity index (χ0) is 9.68. The normalized spacial score (nSPS) is 9.69. The van der Waals surface area contributed by atoms with Gasteiger partial charge in [0.1, 0.15) is 0 Å². The van der Waals surface area contributed by atoms with Gasteiger partial charge >= 0.3 is 5.97 Å². The second kappa shape index (κ2) is 4.87. The molecule has 0 bridgehead atoms. The van der Waals surface area contributed by atoms with Crippen LogP contribution < -0.4 is 0 Å². The van der Waals surface area contributed by atoms with Crippen LogP contribution in [0.4, 0.5) is 0 Å². The number of esters is 1. The van der Waals surface area contributed by atoms with Crippen LogP contribution in [0.3, 0.4) is 0 Å². The van der Waals surface area contributed by atoms with Crippen molar-refractivity contribution in [3.8, 4) is 0 Å². The lowest BCUT2D eigenvalue weighted by Crippen LogP contribution is -2.03. The number of aryl methyl sites for hydroxylation is 1. The Bertz CT molecular complexity index is 301. The molecule has 1 heterocycles. The number of aromatic nitrogens is 1. The Morgan fingerprint density at radius 2 is 2.46 bits per heavy atom. The molecule has 4 heteroatoms. The molecule has 0 fully saturated rings. The molecule has 1 rings (SSSR count). The van der Waals surface area contributed by atoms with Gasteiger partial charge in [-0.05, 0) is 18.6 Å². The van der Waals surface area contributed by atoms with Crippen LogP contribution in [0, 0.1) is 6.92 Å². The first-order valence-electron chi connectivity index (χ1n) is 3.85. The molecule has 0 aliphatic heterocycles. The average Bonchev–Trinajstić information content (AvgIpc) is 2.16. The Hall–Kier alpha value is -1.03. The Morgan fingerprint density at radius 3 is 3.08 bits per heavy atom. The molecule has 0 atom stereocenters. The van der Waals surface area contributed by atoms with Crippen molar-refractivity contribution in [2.24, 2.45) is 0 Å². The van der Waals surface area contributed by atoms with Gasteiger partial charge in [-0.1, -0.05) is 17.8 Å². The van der Waals surface area contributed by atoms with E-state index in [2.05, 4.69) is 9.72 Å². The molecule has 1 aromatic rings. The number of carbonyl (C=O) groups is 1. The predicted octanol–water partition coefficient (Wildman–Crippen LogP) is 1.66. The SMILES string of the molecule is COC(=O)CSc1ncccc1C. The lowest BCUT2D eigenvalue weighted by atomic mass is 10.3. The maximum Gasteiger partial charge on any atom is 0.316 e. The first-order chi connectivity index (χ1) is 6.24. The molecule has 0 aromatic carbocycles. The monoisotopic (exact) mass is 197 g/mol. The summed E-state index contributed by atoms with van der Waals surface area (Å²) in [5.74, 6) is 0.0870. The number of ether oxygens (including phenoxy) is 1. The van der Waals surface area contributed by atoms with Gasteiger partial charge in [-0.2, -0.15) is 0 Å². The standard InChI is InChI=1S/C9H11NO2S/c1-7-4-3-5-10-9(7)13-6-8(11)12-2/h3-5H,6H2,1-2H3. The topological polar surface area (TPSA) is 39.2 Å². The van der Waals surface area contributed by atoms with Gasteiger partial charge < -0.3 is 4.74 Å².